The predicted octanol–water partition coefficient (Wildman–Crippen LogP) is 4.86. The van der Waals surface area contributed by atoms with E-state index in [1.54, 1.807) is 12.8 Å². The lowest BCUT2D eigenvalue weighted by Gasteiger charge is -3.39. The van der Waals surface area contributed by atoms with Gasteiger partial charge >= 0.3 is 0 Å². The number of fused-ring (bicyclic) bond motifs is 27. The van der Waals surface area contributed by atoms with E-state index in [1.165, 1.54) is 172 Å². The summed E-state index contributed by atoms with van der Waals surface area (Å²) in [6.45, 7) is 2.89. The maximum Gasteiger partial charge on any atom is -0.00932 e. The van der Waals surface area contributed by atoms with E-state index in [-0.39, 0.29) is 0 Å². The first-order chi connectivity index (χ1) is 22.8. The summed E-state index contributed by atoms with van der Waals surface area (Å²) in [7, 11) is 0. The molecule has 0 aromatic heterocycles. The standard InChI is InChI=1S/C46H36/c1-33-9-10(33)14-18-22-26-30-32-28-24-20-16-12-8-6-3-4-2-5-7-11-15-19-23-27-31-29-25-21-17-13(9)35(14,33)37(17,18)39(21,22)41(25,26)43(29,30)45(31,32)46(27,28)44(23,24)42(19,20)40(15,16)38(11,12)36(7,8)34(4,5)6/h4-32H,2-3H2,1H3. The molecule has 0 amide bonds. The van der Waals surface area contributed by atoms with Crippen molar-refractivity contribution >= 4 is 0 Å². The van der Waals surface area contributed by atoms with Crippen LogP contribution in [-0.2, 0) is 0 Å². The van der Waals surface area contributed by atoms with E-state index in [0.29, 0.717) is 0 Å². The third-order valence-corrected chi connectivity index (χ3v) is 36.6. The van der Waals surface area contributed by atoms with Crippen LogP contribution in [0.1, 0.15) is 19.8 Å². The Labute approximate surface area is 266 Å². The van der Waals surface area contributed by atoms with Crippen molar-refractivity contribution < 1.29 is 0 Å². The third kappa shape index (κ3) is 0.496. The zero-order valence-electron chi connectivity index (χ0n) is 26.2. The molecule has 28 atom stereocenters. The Morgan fingerprint density at radius 1 is 0.261 bits per heavy atom. The van der Waals surface area contributed by atoms with Gasteiger partial charge in [0.1, 0.15) is 0 Å². The van der Waals surface area contributed by atoms with Gasteiger partial charge in [-0.15, -0.1) is 0 Å². The maximum absolute atomic E-state index is 2.89. The lowest BCUT2D eigenvalue weighted by Crippen LogP contribution is -3.37. The van der Waals surface area contributed by atoms with Gasteiger partial charge in [0.05, 0.1) is 0 Å². The van der Waals surface area contributed by atoms with Gasteiger partial charge in [-0.3, -0.25) is 0 Å². The van der Waals surface area contributed by atoms with Crippen LogP contribution in [0.5, 0.6) is 0 Å². The van der Waals surface area contributed by atoms with Gasteiger partial charge in [-0.2, -0.15) is 0 Å². The van der Waals surface area contributed by atoms with Crippen molar-refractivity contribution in [3.63, 3.8) is 0 Å². The quantitative estimate of drug-likeness (QED) is 0.379. The molecule has 13 spiro atoms. The van der Waals surface area contributed by atoms with Crippen molar-refractivity contribution in [3.8, 4) is 0 Å². The average molecular weight is 589 g/mol. The first-order valence-corrected chi connectivity index (χ1v) is 22.8. The molecule has 0 heteroatoms. The monoisotopic (exact) mass is 588 g/mol. The Bertz CT molecular complexity index is 2430. The van der Waals surface area contributed by atoms with E-state index in [1.807, 2.05) is 0 Å². The summed E-state index contributed by atoms with van der Waals surface area (Å²) in [5.41, 5.74) is 15.1. The highest BCUT2D eigenvalue weighted by molar-refractivity contribution is 5.85. The molecule has 28 unspecified atom stereocenters. The van der Waals surface area contributed by atoms with Crippen LogP contribution in [0.25, 0.3) is 0 Å². The molecule has 0 nitrogen and oxygen atoms in total. The van der Waals surface area contributed by atoms with Gasteiger partial charge in [0, 0.05) is 0 Å². The van der Waals surface area contributed by atoms with Crippen LogP contribution in [0.15, 0.2) is 0 Å². The molecule has 220 valence electrons. The fraction of sp³-hybridized carbons (Fsp3) is 1.00. The van der Waals surface area contributed by atoms with E-state index in [2.05, 4.69) is 6.92 Å². The van der Waals surface area contributed by atoms with Gasteiger partial charge in [0.25, 0.3) is 0 Å². The lowest BCUT2D eigenvalue weighted by atomic mass is 8.64. The predicted molar refractivity (Wildman–Crippen MR) is 150 cm³/mol. The molecule has 29 fully saturated rings. The molecular weight excluding hydrogens is 553 g/mol. The molecule has 0 aromatic rings. The Balaban J connectivity index is 0.699. The molecule has 46 heavy (non-hydrogen) atoms. The van der Waals surface area contributed by atoms with Crippen LogP contribution in [0.4, 0.5) is 0 Å². The molecule has 0 aliphatic heterocycles. The minimum absolute atomic E-state index is 0.963. The third-order valence-electron chi connectivity index (χ3n) is 36.6. The Kier molecular flexibility index (Phi) is 1.08. The van der Waals surface area contributed by atoms with Crippen molar-refractivity contribution in [1.82, 2.24) is 0 Å². The van der Waals surface area contributed by atoms with E-state index in [0.717, 1.165) is 75.8 Å². The molecule has 0 N–H and O–H groups in total. The van der Waals surface area contributed by atoms with E-state index in [4.69, 9.17) is 0 Å². The fourth-order valence-corrected chi connectivity index (χ4v) is 43.1. The normalized spacial score (nSPS) is 128. The molecule has 29 aliphatic carbocycles. The van der Waals surface area contributed by atoms with Gasteiger partial charge in [-0.25, -0.2) is 0 Å². The molecule has 29 saturated carbocycles. The largest absolute Gasteiger partial charge is 0.0585 e. The summed E-state index contributed by atoms with van der Waals surface area (Å²) in [4.78, 5) is 0. The minimum atomic E-state index is 0.963. The summed E-state index contributed by atoms with van der Waals surface area (Å²) in [5.74, 6) is 39.7. The summed E-state index contributed by atoms with van der Waals surface area (Å²) in [6.07, 6.45) is 3.52. The Morgan fingerprint density at radius 2 is 0.500 bits per heavy atom. The molecule has 0 bridgehead atoms. The van der Waals surface area contributed by atoms with Crippen molar-refractivity contribution in [1.29, 1.82) is 0 Å². The van der Waals surface area contributed by atoms with Crippen LogP contribution in [0, 0.1) is 247 Å². The molecule has 0 saturated heterocycles. The lowest BCUT2D eigenvalue weighted by molar-refractivity contribution is -0.939. The van der Waals surface area contributed by atoms with Gasteiger partial charge in [-0.05, 0) is 260 Å². The van der Waals surface area contributed by atoms with Crippen molar-refractivity contribution in [2.75, 3.05) is 0 Å². The second kappa shape index (κ2) is 2.91. The summed E-state index contributed by atoms with van der Waals surface area (Å²) in [6, 6.07) is 0. The summed E-state index contributed by atoms with van der Waals surface area (Å²) >= 11 is 0. The molecule has 0 aromatic carbocycles. The zero-order valence-corrected chi connectivity index (χ0v) is 26.2. The molecular formula is C46H36. The van der Waals surface area contributed by atoms with Crippen molar-refractivity contribution in [2.45, 2.75) is 19.8 Å². The highest BCUT2D eigenvalue weighted by Gasteiger charge is 3.40. The van der Waals surface area contributed by atoms with Gasteiger partial charge in [0.2, 0.25) is 0 Å². The van der Waals surface area contributed by atoms with Crippen LogP contribution < -0.4 is 0 Å². The van der Waals surface area contributed by atoms with E-state index in [9.17, 15) is 0 Å². The van der Waals surface area contributed by atoms with E-state index >= 15 is 0 Å². The van der Waals surface area contributed by atoms with Gasteiger partial charge in [0.15, 0.2) is 0 Å². The first-order valence-electron chi connectivity index (χ1n) is 22.8. The summed E-state index contributed by atoms with van der Waals surface area (Å²) in [5, 5.41) is 0. The Morgan fingerprint density at radius 3 is 0.804 bits per heavy atom. The minimum Gasteiger partial charge on any atom is -0.0585 e. The number of hydrogen-bond acceptors (Lipinski definition) is 0. The van der Waals surface area contributed by atoms with Gasteiger partial charge < -0.3 is 0 Å². The second-order valence-electron chi connectivity index (χ2n) is 28.7. The number of rotatable bonds is 0. The second-order valence-corrected chi connectivity index (χ2v) is 28.7. The first kappa shape index (κ1) is 17.0. The van der Waals surface area contributed by atoms with Crippen molar-refractivity contribution in [3.05, 3.63) is 0 Å². The van der Waals surface area contributed by atoms with Crippen LogP contribution in [-0.4, -0.2) is 0 Å². The maximum atomic E-state index is 2.89. The molecule has 0 heterocycles. The highest BCUT2D eigenvalue weighted by Crippen LogP contribution is 3.42. The van der Waals surface area contributed by atoms with Crippen molar-refractivity contribution in [2.24, 2.45) is 247 Å². The van der Waals surface area contributed by atoms with Crippen LogP contribution in [0.2, 0.25) is 0 Å². The Hall–Kier alpha value is 0. The SMILES string of the molecule is CC12C3C1C1C4C5C6C7C8C9C%10C%11C%12C%13C%14C%15CC%16CC%17C%18C%19C%20C%21C%22C%23C%24C%25C%26C%27C%28C3C12C%284C%275C%266C%257C%248C%239C%22%10C%21%11C%20%12C%19%13C%18%14C%16%17%15. The highest BCUT2D eigenvalue weighted by atomic mass is 15.4. The fourth-order valence-electron chi connectivity index (χ4n) is 43.1. The molecule has 0 radical (unpaired) electrons. The van der Waals surface area contributed by atoms with Crippen LogP contribution >= 0.6 is 0 Å². The summed E-state index contributed by atoms with van der Waals surface area (Å²) < 4.78 is 0. The zero-order chi connectivity index (χ0) is 26.2. The average Bonchev–Trinajstić information content (AvgIpc) is 3.27. The molecule has 29 rings (SSSR count). The van der Waals surface area contributed by atoms with Gasteiger partial charge in [-0.1, -0.05) is 6.92 Å². The smallest absolute Gasteiger partial charge is 0.00932 e. The molecule has 29 aliphatic rings. The van der Waals surface area contributed by atoms with Crippen LogP contribution in [0.3, 0.4) is 0 Å². The number of hydrogen-bond donors (Lipinski definition) is 0. The van der Waals surface area contributed by atoms with E-state index < -0.39 is 0 Å². The topological polar surface area (TPSA) is 0 Å².